The molecule has 2 heterocycles. The molecule has 0 bridgehead atoms. The lowest BCUT2D eigenvalue weighted by Crippen LogP contribution is -2.33. The van der Waals surface area contributed by atoms with Crippen molar-refractivity contribution in [2.45, 2.75) is 30.4 Å². The number of amides is 1. The standard InChI is InChI=1S/C17H15Cl2N3O3S/c1-9(12-6-5-11(18)8-13(12)19)20-15(23)10(2)26-17-22-21-16(25-17)14-4-3-7-24-14/h3-10H,1-2H3,(H,20,23)/t9-,10-/m1/s1. The predicted molar refractivity (Wildman–Crippen MR) is 100 cm³/mol. The molecule has 0 spiro atoms. The van der Waals surface area contributed by atoms with Crippen LogP contribution >= 0.6 is 35.0 Å². The van der Waals surface area contributed by atoms with E-state index in [4.69, 9.17) is 32.0 Å². The molecular formula is C17H15Cl2N3O3S. The molecule has 1 amide bonds. The quantitative estimate of drug-likeness (QED) is 0.575. The molecule has 0 radical (unpaired) electrons. The van der Waals surface area contributed by atoms with Crippen LogP contribution in [-0.4, -0.2) is 21.4 Å². The SMILES string of the molecule is C[C@@H](Sc1nnc(-c2ccco2)o1)C(=O)N[C@H](C)c1ccc(Cl)cc1Cl. The summed E-state index contributed by atoms with van der Waals surface area (Å²) in [5.41, 5.74) is 0.791. The van der Waals surface area contributed by atoms with E-state index in [1.165, 1.54) is 18.0 Å². The number of rotatable bonds is 6. The summed E-state index contributed by atoms with van der Waals surface area (Å²) in [6.45, 7) is 3.61. The molecule has 0 aliphatic carbocycles. The molecule has 2 aromatic heterocycles. The van der Waals surface area contributed by atoms with Gasteiger partial charge in [-0.1, -0.05) is 41.0 Å². The fraction of sp³-hybridized carbons (Fsp3) is 0.235. The lowest BCUT2D eigenvalue weighted by atomic mass is 10.1. The molecule has 6 nitrogen and oxygen atoms in total. The number of halogens is 2. The van der Waals surface area contributed by atoms with Crippen LogP contribution in [0.15, 0.2) is 50.7 Å². The van der Waals surface area contributed by atoms with E-state index in [1.807, 2.05) is 6.92 Å². The molecule has 0 aliphatic heterocycles. The van der Waals surface area contributed by atoms with Crippen molar-refractivity contribution in [1.29, 1.82) is 0 Å². The third-order valence-electron chi connectivity index (χ3n) is 3.57. The molecule has 0 unspecified atom stereocenters. The van der Waals surface area contributed by atoms with E-state index in [0.29, 0.717) is 15.8 Å². The van der Waals surface area contributed by atoms with Gasteiger partial charge in [-0.3, -0.25) is 4.79 Å². The van der Waals surface area contributed by atoms with Gasteiger partial charge in [-0.2, -0.15) is 0 Å². The van der Waals surface area contributed by atoms with Gasteiger partial charge in [0.25, 0.3) is 11.1 Å². The lowest BCUT2D eigenvalue weighted by molar-refractivity contribution is -0.120. The van der Waals surface area contributed by atoms with Crippen molar-refractivity contribution in [2.75, 3.05) is 0 Å². The summed E-state index contributed by atoms with van der Waals surface area (Å²) in [4.78, 5) is 12.4. The van der Waals surface area contributed by atoms with Crippen LogP contribution in [-0.2, 0) is 4.79 Å². The first kappa shape index (κ1) is 18.8. The number of thioether (sulfide) groups is 1. The van der Waals surface area contributed by atoms with Crippen molar-refractivity contribution < 1.29 is 13.6 Å². The van der Waals surface area contributed by atoms with Gasteiger partial charge in [0.05, 0.1) is 17.6 Å². The zero-order valence-electron chi connectivity index (χ0n) is 13.9. The molecular weight excluding hydrogens is 397 g/mol. The Kier molecular flexibility index (Phi) is 5.90. The number of furan rings is 1. The molecule has 3 aromatic rings. The highest BCUT2D eigenvalue weighted by Crippen LogP contribution is 2.28. The minimum atomic E-state index is -0.437. The van der Waals surface area contributed by atoms with Crippen molar-refractivity contribution in [1.82, 2.24) is 15.5 Å². The van der Waals surface area contributed by atoms with Crippen molar-refractivity contribution in [2.24, 2.45) is 0 Å². The van der Waals surface area contributed by atoms with Crippen LogP contribution in [0, 0.1) is 0 Å². The topological polar surface area (TPSA) is 81.2 Å². The zero-order valence-corrected chi connectivity index (χ0v) is 16.2. The highest BCUT2D eigenvalue weighted by atomic mass is 35.5. The fourth-order valence-corrected chi connectivity index (χ4v) is 3.49. The molecule has 2 atom stereocenters. The second-order valence-corrected chi connectivity index (χ2v) is 7.64. The maximum Gasteiger partial charge on any atom is 0.284 e. The first-order chi connectivity index (χ1) is 12.4. The average molecular weight is 412 g/mol. The number of carbonyl (C=O) groups excluding carboxylic acids is 1. The van der Waals surface area contributed by atoms with E-state index < -0.39 is 5.25 Å². The summed E-state index contributed by atoms with van der Waals surface area (Å²) in [5.74, 6) is 0.574. The summed E-state index contributed by atoms with van der Waals surface area (Å²) in [7, 11) is 0. The monoisotopic (exact) mass is 411 g/mol. The zero-order chi connectivity index (χ0) is 18.7. The Bertz CT molecular complexity index is 899. The van der Waals surface area contributed by atoms with Gasteiger partial charge in [0.2, 0.25) is 5.91 Å². The molecule has 9 heteroatoms. The largest absolute Gasteiger partial charge is 0.459 e. The summed E-state index contributed by atoms with van der Waals surface area (Å²) in [5, 5.41) is 11.7. The summed E-state index contributed by atoms with van der Waals surface area (Å²) in [6, 6.07) is 8.35. The van der Waals surface area contributed by atoms with E-state index in [9.17, 15) is 4.79 Å². The highest BCUT2D eigenvalue weighted by Gasteiger charge is 2.22. The van der Waals surface area contributed by atoms with Gasteiger partial charge in [0, 0.05) is 10.0 Å². The molecule has 1 aromatic carbocycles. The minimum absolute atomic E-state index is 0.175. The number of benzene rings is 1. The van der Waals surface area contributed by atoms with E-state index in [1.54, 1.807) is 37.3 Å². The molecule has 0 saturated heterocycles. The van der Waals surface area contributed by atoms with Crippen molar-refractivity contribution in [3.63, 3.8) is 0 Å². The number of nitrogens with one attached hydrogen (secondary N) is 1. The summed E-state index contributed by atoms with van der Waals surface area (Å²) < 4.78 is 10.7. The molecule has 1 N–H and O–H groups in total. The van der Waals surface area contributed by atoms with Gasteiger partial charge in [0.15, 0.2) is 5.76 Å². The van der Waals surface area contributed by atoms with E-state index in [0.717, 1.165) is 5.56 Å². The van der Waals surface area contributed by atoms with Crippen molar-refractivity contribution >= 4 is 40.9 Å². The maximum atomic E-state index is 12.4. The third kappa shape index (κ3) is 4.41. The van der Waals surface area contributed by atoms with Crippen LogP contribution in [0.2, 0.25) is 10.0 Å². The Balaban J connectivity index is 1.61. The number of aromatic nitrogens is 2. The summed E-state index contributed by atoms with van der Waals surface area (Å²) in [6.07, 6.45) is 1.52. The van der Waals surface area contributed by atoms with Crippen LogP contribution in [0.5, 0.6) is 0 Å². The van der Waals surface area contributed by atoms with Crippen LogP contribution in [0.1, 0.15) is 25.5 Å². The third-order valence-corrected chi connectivity index (χ3v) is 5.07. The number of carbonyl (C=O) groups is 1. The molecule has 0 fully saturated rings. The lowest BCUT2D eigenvalue weighted by Gasteiger charge is -2.18. The average Bonchev–Trinajstić information content (AvgIpc) is 3.25. The van der Waals surface area contributed by atoms with Crippen LogP contribution in [0.4, 0.5) is 0 Å². The van der Waals surface area contributed by atoms with Gasteiger partial charge in [-0.15, -0.1) is 10.2 Å². The molecule has 136 valence electrons. The fourth-order valence-electron chi connectivity index (χ4n) is 2.22. The molecule has 0 aliphatic rings. The van der Waals surface area contributed by atoms with Crippen LogP contribution in [0.25, 0.3) is 11.7 Å². The first-order valence-corrected chi connectivity index (χ1v) is 9.37. The number of hydrogen-bond donors (Lipinski definition) is 1. The van der Waals surface area contributed by atoms with Crippen molar-refractivity contribution in [3.8, 4) is 11.7 Å². The first-order valence-electron chi connectivity index (χ1n) is 7.73. The maximum absolute atomic E-state index is 12.4. The summed E-state index contributed by atoms with van der Waals surface area (Å²) >= 11 is 13.3. The Morgan fingerprint density at radius 1 is 1.23 bits per heavy atom. The number of hydrogen-bond acceptors (Lipinski definition) is 6. The normalized spacial score (nSPS) is 13.4. The number of nitrogens with zero attached hydrogens (tertiary/aromatic N) is 2. The molecule has 26 heavy (non-hydrogen) atoms. The predicted octanol–water partition coefficient (Wildman–Crippen LogP) is 4.99. The van der Waals surface area contributed by atoms with E-state index in [2.05, 4.69) is 15.5 Å². The second-order valence-electron chi connectivity index (χ2n) is 5.51. The molecule has 0 saturated carbocycles. The van der Waals surface area contributed by atoms with Crippen molar-refractivity contribution in [3.05, 3.63) is 52.2 Å². The van der Waals surface area contributed by atoms with Crippen LogP contribution < -0.4 is 5.32 Å². The minimum Gasteiger partial charge on any atom is -0.459 e. The smallest absolute Gasteiger partial charge is 0.284 e. The van der Waals surface area contributed by atoms with Gasteiger partial charge in [-0.05, 0) is 43.7 Å². The molecule has 3 rings (SSSR count). The van der Waals surface area contributed by atoms with Crippen LogP contribution in [0.3, 0.4) is 0 Å². The van der Waals surface area contributed by atoms with Gasteiger partial charge in [0.1, 0.15) is 0 Å². The Labute approximate surface area is 164 Å². The second kappa shape index (κ2) is 8.16. The highest BCUT2D eigenvalue weighted by molar-refractivity contribution is 8.00. The van der Waals surface area contributed by atoms with Gasteiger partial charge < -0.3 is 14.2 Å². The van der Waals surface area contributed by atoms with Gasteiger partial charge >= 0.3 is 0 Å². The Hall–Kier alpha value is -1.96. The Morgan fingerprint density at radius 3 is 2.73 bits per heavy atom. The van der Waals surface area contributed by atoms with E-state index >= 15 is 0 Å². The van der Waals surface area contributed by atoms with Gasteiger partial charge in [-0.25, -0.2) is 0 Å². The van der Waals surface area contributed by atoms with E-state index in [-0.39, 0.29) is 23.1 Å². The Morgan fingerprint density at radius 2 is 2.04 bits per heavy atom.